The molecule has 0 bridgehead atoms. The third kappa shape index (κ3) is 5.50. The molecule has 0 radical (unpaired) electrons. The number of thiocarbonyl (C=S) groups is 1. The second kappa shape index (κ2) is 11.3. The summed E-state index contributed by atoms with van der Waals surface area (Å²) in [5, 5.41) is 4.94. The van der Waals surface area contributed by atoms with Crippen LogP contribution in [0.5, 0.6) is 11.5 Å². The minimum Gasteiger partial charge on any atom is -0.497 e. The molecule has 1 aliphatic rings. The van der Waals surface area contributed by atoms with Crippen LogP contribution in [0.2, 0.25) is 0 Å². The van der Waals surface area contributed by atoms with E-state index < -0.39 is 0 Å². The Morgan fingerprint density at radius 2 is 2.00 bits per heavy atom. The number of hydrogen-bond acceptors (Lipinski definition) is 5. The summed E-state index contributed by atoms with van der Waals surface area (Å²) in [5.74, 6) is 1.35. The zero-order valence-electron chi connectivity index (χ0n) is 21.8. The van der Waals surface area contributed by atoms with E-state index in [1.54, 1.807) is 14.2 Å². The van der Waals surface area contributed by atoms with Crippen LogP contribution in [0.3, 0.4) is 0 Å². The van der Waals surface area contributed by atoms with Crippen LogP contribution < -0.4 is 20.3 Å². The first-order valence-corrected chi connectivity index (χ1v) is 12.9. The number of H-pyrrole nitrogens is 1. The summed E-state index contributed by atoms with van der Waals surface area (Å²) < 4.78 is 10.9. The molecule has 1 fully saturated rings. The third-order valence-electron chi connectivity index (χ3n) is 7.26. The average molecular weight is 509 g/mol. The van der Waals surface area contributed by atoms with Crippen LogP contribution in [0.15, 0.2) is 41.2 Å². The largest absolute Gasteiger partial charge is 0.497 e. The second-order valence-corrected chi connectivity index (χ2v) is 9.78. The van der Waals surface area contributed by atoms with E-state index in [9.17, 15) is 4.79 Å². The van der Waals surface area contributed by atoms with Crippen LogP contribution in [0, 0.1) is 13.8 Å². The van der Waals surface area contributed by atoms with Crippen LogP contribution in [0.25, 0.3) is 10.9 Å². The molecule has 1 aliphatic heterocycles. The van der Waals surface area contributed by atoms with Crippen LogP contribution in [0.1, 0.15) is 36.5 Å². The van der Waals surface area contributed by atoms with E-state index >= 15 is 0 Å². The minimum absolute atomic E-state index is 0.0789. The van der Waals surface area contributed by atoms with E-state index in [2.05, 4.69) is 46.1 Å². The predicted molar refractivity (Wildman–Crippen MR) is 150 cm³/mol. The normalized spacial score (nSPS) is 15.8. The number of aromatic amines is 1. The molecule has 4 rings (SSSR count). The zero-order valence-corrected chi connectivity index (χ0v) is 22.6. The van der Waals surface area contributed by atoms with Gasteiger partial charge in [0.15, 0.2) is 5.11 Å². The lowest BCUT2D eigenvalue weighted by Gasteiger charge is -2.32. The predicted octanol–water partition coefficient (Wildman–Crippen LogP) is 4.85. The van der Waals surface area contributed by atoms with Crippen molar-refractivity contribution in [2.75, 3.05) is 39.2 Å². The Morgan fingerprint density at radius 3 is 2.72 bits per heavy atom. The number of methoxy groups -OCH3 is 2. The number of fused-ring (bicyclic) bond motifs is 1. The van der Waals surface area contributed by atoms with Crippen LogP contribution >= 0.6 is 12.2 Å². The lowest BCUT2D eigenvalue weighted by molar-refractivity contribution is 0.221. The number of benzene rings is 2. The maximum absolute atomic E-state index is 13.2. The van der Waals surface area contributed by atoms with Gasteiger partial charge in [0.25, 0.3) is 5.56 Å². The molecule has 0 aliphatic carbocycles. The van der Waals surface area contributed by atoms with Gasteiger partial charge in [-0.15, -0.1) is 0 Å². The van der Waals surface area contributed by atoms with Gasteiger partial charge in [-0.2, -0.15) is 0 Å². The summed E-state index contributed by atoms with van der Waals surface area (Å²) in [6.07, 6.45) is 2.29. The first-order chi connectivity index (χ1) is 17.3. The molecular formula is C28H36N4O3S. The fraction of sp³-hybridized carbons (Fsp3) is 0.429. The standard InChI is InChI=1S/C28H36N4O3S/c1-6-31-13-7-8-22(31)17-32(28(36)29-24-12-11-23(34-4)15-25(24)35-5)16-21-14-20-10-9-18(2)19(3)26(20)30-27(21)33/h9-12,14-15,22H,6-8,13,16-17H2,1-5H3,(H,29,36)(H,30,33). The molecule has 1 atom stereocenters. The van der Waals surface area contributed by atoms with Crippen molar-refractivity contribution in [2.24, 2.45) is 0 Å². The highest BCUT2D eigenvalue weighted by molar-refractivity contribution is 7.80. The Bertz CT molecular complexity index is 1310. The van der Waals surface area contributed by atoms with Crippen LogP contribution in [0.4, 0.5) is 5.69 Å². The number of pyridine rings is 1. The van der Waals surface area contributed by atoms with E-state index in [4.69, 9.17) is 21.7 Å². The van der Waals surface area contributed by atoms with Gasteiger partial charge in [0.2, 0.25) is 0 Å². The number of anilines is 1. The minimum atomic E-state index is -0.0789. The van der Waals surface area contributed by atoms with Gasteiger partial charge in [-0.1, -0.05) is 19.1 Å². The maximum atomic E-state index is 13.2. The quantitative estimate of drug-likeness (QED) is 0.422. The third-order valence-corrected chi connectivity index (χ3v) is 7.62. The summed E-state index contributed by atoms with van der Waals surface area (Å²) in [4.78, 5) is 20.9. The Balaban J connectivity index is 1.65. The number of likely N-dealkylation sites (tertiary alicyclic amines) is 1. The molecule has 0 spiro atoms. The molecule has 1 aromatic heterocycles. The number of likely N-dealkylation sites (N-methyl/N-ethyl adjacent to an activating group) is 1. The van der Waals surface area contributed by atoms with Gasteiger partial charge in [0.05, 0.1) is 32.0 Å². The summed E-state index contributed by atoms with van der Waals surface area (Å²) in [6, 6.07) is 12.1. The Hall–Kier alpha value is -3.10. The van der Waals surface area contributed by atoms with Gasteiger partial charge in [-0.05, 0) is 86.7 Å². The molecule has 1 saturated heterocycles. The molecule has 7 nitrogen and oxygen atoms in total. The molecule has 2 N–H and O–H groups in total. The Morgan fingerprint density at radius 1 is 1.19 bits per heavy atom. The number of aromatic nitrogens is 1. The number of aryl methyl sites for hydroxylation is 2. The van der Waals surface area contributed by atoms with Crippen molar-refractivity contribution in [1.82, 2.24) is 14.8 Å². The Kier molecular flexibility index (Phi) is 8.16. The summed E-state index contributed by atoms with van der Waals surface area (Å²) >= 11 is 5.91. The van der Waals surface area contributed by atoms with E-state index in [-0.39, 0.29) is 5.56 Å². The first-order valence-electron chi connectivity index (χ1n) is 12.5. The van der Waals surface area contributed by atoms with Crippen molar-refractivity contribution in [3.05, 3.63) is 63.4 Å². The number of rotatable bonds is 8. The van der Waals surface area contributed by atoms with Gasteiger partial charge < -0.3 is 24.7 Å². The number of ether oxygens (including phenoxy) is 2. The van der Waals surface area contributed by atoms with Crippen molar-refractivity contribution in [3.63, 3.8) is 0 Å². The fourth-order valence-electron chi connectivity index (χ4n) is 4.98. The number of hydrogen-bond donors (Lipinski definition) is 2. The SMILES string of the molecule is CCN1CCCC1CN(Cc1cc2ccc(C)c(C)c2[nH]c1=O)C(=S)Nc1ccc(OC)cc1OC. The maximum Gasteiger partial charge on any atom is 0.253 e. The molecule has 36 heavy (non-hydrogen) atoms. The first kappa shape index (κ1) is 26.0. The van der Waals surface area contributed by atoms with Gasteiger partial charge in [0, 0.05) is 24.2 Å². The monoisotopic (exact) mass is 508 g/mol. The molecule has 0 amide bonds. The highest BCUT2D eigenvalue weighted by Crippen LogP contribution is 2.30. The number of nitrogens with one attached hydrogen (secondary N) is 2. The summed E-state index contributed by atoms with van der Waals surface area (Å²) in [5.41, 5.74) is 4.52. The molecule has 3 aromatic rings. The van der Waals surface area contributed by atoms with E-state index in [0.29, 0.717) is 34.8 Å². The van der Waals surface area contributed by atoms with Crippen molar-refractivity contribution in [3.8, 4) is 11.5 Å². The molecule has 0 saturated carbocycles. The van der Waals surface area contributed by atoms with Crippen LogP contribution in [-0.2, 0) is 6.54 Å². The van der Waals surface area contributed by atoms with Crippen molar-refractivity contribution >= 4 is 33.9 Å². The molecule has 2 heterocycles. The van der Waals surface area contributed by atoms with Gasteiger partial charge in [-0.25, -0.2) is 0 Å². The fourth-order valence-corrected chi connectivity index (χ4v) is 5.23. The second-order valence-electron chi connectivity index (χ2n) is 9.40. The summed E-state index contributed by atoms with van der Waals surface area (Å²) in [7, 11) is 3.25. The molecule has 192 valence electrons. The van der Waals surface area contributed by atoms with Crippen molar-refractivity contribution < 1.29 is 9.47 Å². The lowest BCUT2D eigenvalue weighted by atomic mass is 10.0. The zero-order chi connectivity index (χ0) is 25.8. The molecule has 2 aromatic carbocycles. The van der Waals surface area contributed by atoms with Crippen LogP contribution in [-0.4, -0.2) is 59.8 Å². The van der Waals surface area contributed by atoms with Crippen molar-refractivity contribution in [2.45, 2.75) is 46.2 Å². The van der Waals surface area contributed by atoms with E-state index in [1.807, 2.05) is 31.2 Å². The lowest BCUT2D eigenvalue weighted by Crippen LogP contribution is -2.44. The van der Waals surface area contributed by atoms with Gasteiger partial charge in [-0.3, -0.25) is 9.69 Å². The van der Waals surface area contributed by atoms with Gasteiger partial charge in [0.1, 0.15) is 11.5 Å². The van der Waals surface area contributed by atoms with Gasteiger partial charge >= 0.3 is 0 Å². The highest BCUT2D eigenvalue weighted by atomic mass is 32.1. The van der Waals surface area contributed by atoms with E-state index in [1.165, 1.54) is 6.42 Å². The number of nitrogens with zero attached hydrogens (tertiary/aromatic N) is 2. The smallest absolute Gasteiger partial charge is 0.253 e. The summed E-state index contributed by atoms with van der Waals surface area (Å²) in [6.45, 7) is 9.54. The topological polar surface area (TPSA) is 69.8 Å². The van der Waals surface area contributed by atoms with E-state index in [0.717, 1.165) is 53.8 Å². The highest BCUT2D eigenvalue weighted by Gasteiger charge is 2.27. The molecule has 8 heteroatoms. The Labute approximate surface area is 218 Å². The van der Waals surface area contributed by atoms with Crippen molar-refractivity contribution in [1.29, 1.82) is 0 Å². The molecule has 1 unspecified atom stereocenters. The average Bonchev–Trinajstić information content (AvgIpc) is 3.34. The molecular weight excluding hydrogens is 472 g/mol.